The standard InChI is InChI=1S/C16H21N3O7S/c1-10(15(20)17-12-6-7-27(24,25)9-12)26-16(21)11-4-5-13(18(2)3)14(8-11)19(22)23/h4-5,8,10,12H,6-7,9H2,1-3H3,(H,17,20)/t10-,12-/m0/s1. The number of amides is 1. The molecule has 1 aromatic carbocycles. The molecule has 1 saturated heterocycles. The molecular weight excluding hydrogens is 378 g/mol. The molecule has 148 valence electrons. The molecule has 2 atom stereocenters. The Morgan fingerprint density at radius 2 is 2.04 bits per heavy atom. The molecule has 1 fully saturated rings. The number of nitrogens with zero attached hydrogens (tertiary/aromatic N) is 2. The van der Waals surface area contributed by atoms with Crippen molar-refractivity contribution < 1.29 is 27.7 Å². The predicted octanol–water partition coefficient (Wildman–Crippen LogP) is 0.509. The molecule has 27 heavy (non-hydrogen) atoms. The van der Waals surface area contributed by atoms with Crippen LogP contribution in [0.5, 0.6) is 0 Å². The maximum atomic E-state index is 12.2. The van der Waals surface area contributed by atoms with Crippen LogP contribution < -0.4 is 10.2 Å². The van der Waals surface area contributed by atoms with Crippen LogP contribution in [0.3, 0.4) is 0 Å². The maximum absolute atomic E-state index is 12.2. The average Bonchev–Trinajstić information content (AvgIpc) is 2.92. The normalized spacial score (nSPS) is 19.1. The lowest BCUT2D eigenvalue weighted by molar-refractivity contribution is -0.384. The molecule has 1 N–H and O–H groups in total. The Balaban J connectivity index is 2.04. The van der Waals surface area contributed by atoms with Gasteiger partial charge in [-0.3, -0.25) is 14.9 Å². The van der Waals surface area contributed by atoms with Gasteiger partial charge in [0.1, 0.15) is 5.69 Å². The van der Waals surface area contributed by atoms with E-state index in [2.05, 4.69) is 5.32 Å². The molecule has 1 amide bonds. The third-order valence-electron chi connectivity index (χ3n) is 4.12. The maximum Gasteiger partial charge on any atom is 0.339 e. The number of anilines is 1. The summed E-state index contributed by atoms with van der Waals surface area (Å²) in [6.45, 7) is 1.35. The Labute approximate surface area is 156 Å². The molecule has 0 radical (unpaired) electrons. The predicted molar refractivity (Wildman–Crippen MR) is 97.5 cm³/mol. The van der Waals surface area contributed by atoms with Crippen molar-refractivity contribution in [2.75, 3.05) is 30.5 Å². The number of rotatable bonds is 6. The van der Waals surface area contributed by atoms with Crippen molar-refractivity contribution in [3.8, 4) is 0 Å². The van der Waals surface area contributed by atoms with Gasteiger partial charge < -0.3 is 15.0 Å². The molecule has 0 spiro atoms. The summed E-state index contributed by atoms with van der Waals surface area (Å²) >= 11 is 0. The fourth-order valence-corrected chi connectivity index (χ4v) is 4.36. The summed E-state index contributed by atoms with van der Waals surface area (Å²) in [7, 11) is 0.123. The number of hydrogen-bond acceptors (Lipinski definition) is 8. The molecule has 0 aliphatic carbocycles. The molecule has 0 saturated carbocycles. The first-order valence-electron chi connectivity index (χ1n) is 8.17. The molecule has 1 aliphatic rings. The zero-order chi connectivity index (χ0) is 20.4. The van der Waals surface area contributed by atoms with Crippen molar-refractivity contribution >= 4 is 33.1 Å². The molecular formula is C16H21N3O7S. The molecule has 1 aliphatic heterocycles. The fourth-order valence-electron chi connectivity index (χ4n) is 2.68. The van der Waals surface area contributed by atoms with E-state index in [9.17, 15) is 28.1 Å². The number of hydrogen-bond donors (Lipinski definition) is 1. The SMILES string of the molecule is C[C@H](OC(=O)c1ccc(N(C)C)c([N+](=O)[O-])c1)C(=O)N[C@H]1CCS(=O)(=O)C1. The second kappa shape index (κ2) is 7.91. The lowest BCUT2D eigenvalue weighted by Gasteiger charge is -2.17. The van der Waals surface area contributed by atoms with Gasteiger partial charge in [0, 0.05) is 26.2 Å². The van der Waals surface area contributed by atoms with E-state index in [0.29, 0.717) is 12.1 Å². The summed E-state index contributed by atoms with van der Waals surface area (Å²) in [5.41, 5.74) is 0.00268. The van der Waals surface area contributed by atoms with Gasteiger partial charge in [0.2, 0.25) is 0 Å². The summed E-state index contributed by atoms with van der Waals surface area (Å²) in [6.07, 6.45) is -0.860. The monoisotopic (exact) mass is 399 g/mol. The van der Waals surface area contributed by atoms with Crippen molar-refractivity contribution in [3.63, 3.8) is 0 Å². The van der Waals surface area contributed by atoms with E-state index in [1.807, 2.05) is 0 Å². The number of ether oxygens (including phenoxy) is 1. The van der Waals surface area contributed by atoms with Crippen molar-refractivity contribution in [1.29, 1.82) is 0 Å². The van der Waals surface area contributed by atoms with Gasteiger partial charge in [-0.2, -0.15) is 0 Å². The third kappa shape index (κ3) is 5.16. The quantitative estimate of drug-likeness (QED) is 0.415. The lowest BCUT2D eigenvalue weighted by Crippen LogP contribution is -2.42. The van der Waals surface area contributed by atoms with Crippen LogP contribution in [0.25, 0.3) is 0 Å². The lowest BCUT2D eigenvalue weighted by atomic mass is 10.1. The zero-order valence-electron chi connectivity index (χ0n) is 15.2. The second-order valence-electron chi connectivity index (χ2n) is 6.51. The van der Waals surface area contributed by atoms with Gasteiger partial charge in [-0.1, -0.05) is 0 Å². The molecule has 10 nitrogen and oxygen atoms in total. The average molecular weight is 399 g/mol. The minimum Gasteiger partial charge on any atom is -0.449 e. The first kappa shape index (κ1) is 20.6. The van der Waals surface area contributed by atoms with Crippen LogP contribution in [0.1, 0.15) is 23.7 Å². The highest BCUT2D eigenvalue weighted by Gasteiger charge is 2.31. The van der Waals surface area contributed by atoms with Gasteiger partial charge in [-0.15, -0.1) is 0 Å². The molecule has 1 heterocycles. The number of nitrogens with one attached hydrogen (secondary N) is 1. The van der Waals surface area contributed by atoms with E-state index in [1.165, 1.54) is 19.1 Å². The van der Waals surface area contributed by atoms with Crippen molar-refractivity contribution in [1.82, 2.24) is 5.32 Å². The highest BCUT2D eigenvalue weighted by molar-refractivity contribution is 7.91. The number of benzene rings is 1. The summed E-state index contributed by atoms with van der Waals surface area (Å²) in [4.78, 5) is 36.4. The van der Waals surface area contributed by atoms with Crippen LogP contribution in [0.4, 0.5) is 11.4 Å². The van der Waals surface area contributed by atoms with E-state index >= 15 is 0 Å². The zero-order valence-corrected chi connectivity index (χ0v) is 16.0. The van der Waals surface area contributed by atoms with E-state index in [1.54, 1.807) is 19.0 Å². The third-order valence-corrected chi connectivity index (χ3v) is 5.89. The van der Waals surface area contributed by atoms with Gasteiger partial charge >= 0.3 is 5.97 Å². The Bertz CT molecular complexity index is 867. The van der Waals surface area contributed by atoms with Crippen LogP contribution in [-0.2, 0) is 19.4 Å². The number of sulfone groups is 1. The van der Waals surface area contributed by atoms with Crippen LogP contribution >= 0.6 is 0 Å². The number of esters is 1. The van der Waals surface area contributed by atoms with E-state index in [0.717, 1.165) is 6.07 Å². The van der Waals surface area contributed by atoms with E-state index in [-0.39, 0.29) is 22.8 Å². The van der Waals surface area contributed by atoms with Crippen LogP contribution in [0.2, 0.25) is 0 Å². The highest BCUT2D eigenvalue weighted by Crippen LogP contribution is 2.28. The minimum absolute atomic E-state index is 0.00794. The topological polar surface area (TPSA) is 136 Å². The second-order valence-corrected chi connectivity index (χ2v) is 8.74. The molecule has 2 rings (SSSR count). The minimum atomic E-state index is -3.15. The summed E-state index contributed by atoms with van der Waals surface area (Å²) in [5, 5.41) is 13.7. The molecule has 1 aromatic rings. The first-order chi connectivity index (χ1) is 12.5. The van der Waals surface area contributed by atoms with Crippen molar-refractivity contribution in [2.45, 2.75) is 25.5 Å². The van der Waals surface area contributed by atoms with Crippen molar-refractivity contribution in [2.24, 2.45) is 0 Å². The van der Waals surface area contributed by atoms with Gasteiger partial charge in [-0.25, -0.2) is 13.2 Å². The van der Waals surface area contributed by atoms with Crippen molar-refractivity contribution in [3.05, 3.63) is 33.9 Å². The highest BCUT2D eigenvalue weighted by atomic mass is 32.2. The molecule has 0 aromatic heterocycles. The van der Waals surface area contributed by atoms with Gasteiger partial charge in [0.05, 0.1) is 22.0 Å². The fraction of sp³-hybridized carbons (Fsp3) is 0.500. The van der Waals surface area contributed by atoms with Crippen LogP contribution in [0, 0.1) is 10.1 Å². The van der Waals surface area contributed by atoms with Crippen LogP contribution in [0.15, 0.2) is 18.2 Å². The Morgan fingerprint density at radius 3 is 2.56 bits per heavy atom. The summed E-state index contributed by atoms with van der Waals surface area (Å²) in [5.74, 6) is -1.64. The molecule has 11 heteroatoms. The number of carbonyl (C=O) groups excluding carboxylic acids is 2. The molecule has 0 bridgehead atoms. The number of nitro benzene ring substituents is 1. The first-order valence-corrected chi connectivity index (χ1v) is 10.00. The van der Waals surface area contributed by atoms with Crippen LogP contribution in [-0.4, -0.2) is 63.0 Å². The summed E-state index contributed by atoms with van der Waals surface area (Å²) < 4.78 is 27.9. The number of nitro groups is 1. The largest absolute Gasteiger partial charge is 0.449 e. The smallest absolute Gasteiger partial charge is 0.339 e. The van der Waals surface area contributed by atoms with E-state index < -0.39 is 38.8 Å². The van der Waals surface area contributed by atoms with Gasteiger partial charge in [-0.05, 0) is 25.5 Å². The molecule has 0 unspecified atom stereocenters. The van der Waals surface area contributed by atoms with E-state index in [4.69, 9.17) is 4.74 Å². The Hall–Kier alpha value is -2.69. The number of carbonyl (C=O) groups is 2. The Morgan fingerprint density at radius 1 is 1.37 bits per heavy atom. The Kier molecular flexibility index (Phi) is 6.04. The summed E-state index contributed by atoms with van der Waals surface area (Å²) in [6, 6.07) is 3.37. The van der Waals surface area contributed by atoms with Gasteiger partial charge in [0.25, 0.3) is 11.6 Å². The van der Waals surface area contributed by atoms with Gasteiger partial charge in [0.15, 0.2) is 15.9 Å².